The van der Waals surface area contributed by atoms with E-state index in [1.165, 1.54) is 12.5 Å². The number of morpholine rings is 1. The zero-order valence-electron chi connectivity index (χ0n) is 13.5. The van der Waals surface area contributed by atoms with Crippen molar-refractivity contribution in [2.45, 2.75) is 31.7 Å². The van der Waals surface area contributed by atoms with Gasteiger partial charge in [0.2, 0.25) is 5.91 Å². The second-order valence-corrected chi connectivity index (χ2v) is 6.38. The zero-order chi connectivity index (χ0) is 16.1. The molecule has 0 radical (unpaired) electrons. The first-order valence-corrected chi connectivity index (χ1v) is 8.59. The molecule has 23 heavy (non-hydrogen) atoms. The van der Waals surface area contributed by atoms with E-state index in [1.807, 2.05) is 11.0 Å². The first kappa shape index (κ1) is 16.4. The molecule has 0 aliphatic carbocycles. The molecule has 1 aromatic carbocycles. The van der Waals surface area contributed by atoms with Gasteiger partial charge < -0.3 is 9.64 Å². The van der Waals surface area contributed by atoms with Gasteiger partial charge in [0.25, 0.3) is 0 Å². The Morgan fingerprint density at radius 3 is 2.78 bits per heavy atom. The molecule has 0 bridgehead atoms. The standard InChI is InChI=1S/C18H25FN2O2/c19-16-6-4-5-15(13-16)17-7-2-1-3-8-21(17)14-18(22)20-9-11-23-12-10-20/h4-6,13,17H,1-3,7-12,14H2/t17-/m1/s1. The van der Waals surface area contributed by atoms with Crippen molar-refractivity contribution in [1.82, 2.24) is 9.80 Å². The predicted molar refractivity (Wildman–Crippen MR) is 86.6 cm³/mol. The maximum Gasteiger partial charge on any atom is 0.236 e. The lowest BCUT2D eigenvalue weighted by atomic mass is 10.0. The van der Waals surface area contributed by atoms with E-state index in [0.717, 1.165) is 31.4 Å². The third-order valence-corrected chi connectivity index (χ3v) is 4.80. The molecule has 4 nitrogen and oxygen atoms in total. The van der Waals surface area contributed by atoms with Gasteiger partial charge in [0.1, 0.15) is 5.82 Å². The van der Waals surface area contributed by atoms with Crippen LogP contribution in [0, 0.1) is 5.82 Å². The van der Waals surface area contributed by atoms with Gasteiger partial charge in [-0.1, -0.05) is 25.0 Å². The fourth-order valence-electron chi connectivity index (χ4n) is 3.53. The minimum absolute atomic E-state index is 0.137. The van der Waals surface area contributed by atoms with Gasteiger partial charge in [-0.25, -0.2) is 4.39 Å². The second kappa shape index (κ2) is 7.88. The van der Waals surface area contributed by atoms with Crippen LogP contribution < -0.4 is 0 Å². The fraction of sp³-hybridized carbons (Fsp3) is 0.611. The van der Waals surface area contributed by atoms with Crippen LogP contribution in [-0.2, 0) is 9.53 Å². The highest BCUT2D eigenvalue weighted by Crippen LogP contribution is 2.30. The number of hydrogen-bond acceptors (Lipinski definition) is 3. The van der Waals surface area contributed by atoms with Crippen molar-refractivity contribution >= 4 is 5.91 Å². The molecule has 126 valence electrons. The third kappa shape index (κ3) is 4.30. The molecule has 0 aromatic heterocycles. The second-order valence-electron chi connectivity index (χ2n) is 6.38. The monoisotopic (exact) mass is 320 g/mol. The number of ether oxygens (including phenoxy) is 1. The van der Waals surface area contributed by atoms with Crippen LogP contribution in [0.5, 0.6) is 0 Å². The van der Waals surface area contributed by atoms with Crippen LogP contribution in [0.2, 0.25) is 0 Å². The number of amides is 1. The lowest BCUT2D eigenvalue weighted by molar-refractivity contribution is -0.137. The molecule has 2 saturated heterocycles. The van der Waals surface area contributed by atoms with E-state index in [2.05, 4.69) is 4.90 Å². The smallest absolute Gasteiger partial charge is 0.236 e. The summed E-state index contributed by atoms with van der Waals surface area (Å²) >= 11 is 0. The maximum absolute atomic E-state index is 13.6. The summed E-state index contributed by atoms with van der Waals surface area (Å²) in [6.07, 6.45) is 4.39. The van der Waals surface area contributed by atoms with Crippen LogP contribution in [0.4, 0.5) is 4.39 Å². The van der Waals surface area contributed by atoms with Crippen LogP contribution in [0.25, 0.3) is 0 Å². The summed E-state index contributed by atoms with van der Waals surface area (Å²) in [7, 11) is 0. The Morgan fingerprint density at radius 1 is 1.17 bits per heavy atom. The van der Waals surface area contributed by atoms with E-state index in [0.29, 0.717) is 32.8 Å². The van der Waals surface area contributed by atoms with Crippen LogP contribution in [0.1, 0.15) is 37.3 Å². The normalized spacial score (nSPS) is 23.5. The molecular weight excluding hydrogens is 295 g/mol. The molecule has 2 heterocycles. The SMILES string of the molecule is O=C(CN1CCCCC[C@@H]1c1cccc(F)c1)N1CCOCC1. The summed E-state index contributed by atoms with van der Waals surface area (Å²) in [5, 5.41) is 0. The zero-order valence-corrected chi connectivity index (χ0v) is 13.5. The quantitative estimate of drug-likeness (QED) is 0.858. The molecule has 1 aromatic rings. The van der Waals surface area contributed by atoms with E-state index in [9.17, 15) is 9.18 Å². The average Bonchev–Trinajstić information content (AvgIpc) is 2.81. The van der Waals surface area contributed by atoms with E-state index in [1.54, 1.807) is 12.1 Å². The lowest BCUT2D eigenvalue weighted by Crippen LogP contribution is -2.46. The maximum atomic E-state index is 13.6. The van der Waals surface area contributed by atoms with Gasteiger partial charge in [0.15, 0.2) is 0 Å². The number of carbonyl (C=O) groups is 1. The molecule has 1 atom stereocenters. The summed E-state index contributed by atoms with van der Waals surface area (Å²) in [4.78, 5) is 16.7. The molecule has 3 rings (SSSR count). The number of benzene rings is 1. The van der Waals surface area contributed by atoms with Crippen LogP contribution in [-0.4, -0.2) is 55.1 Å². The number of nitrogens with zero attached hydrogens (tertiary/aromatic N) is 2. The molecule has 2 fully saturated rings. The molecule has 2 aliphatic rings. The highest BCUT2D eigenvalue weighted by molar-refractivity contribution is 5.78. The van der Waals surface area contributed by atoms with Gasteiger partial charge in [-0.2, -0.15) is 0 Å². The number of likely N-dealkylation sites (tertiary alicyclic amines) is 1. The molecular formula is C18H25FN2O2. The van der Waals surface area contributed by atoms with Crippen LogP contribution >= 0.6 is 0 Å². The summed E-state index contributed by atoms with van der Waals surface area (Å²) in [6.45, 7) is 3.92. The van der Waals surface area contributed by atoms with Crippen molar-refractivity contribution in [1.29, 1.82) is 0 Å². The van der Waals surface area contributed by atoms with Crippen LogP contribution in [0.15, 0.2) is 24.3 Å². The number of hydrogen-bond donors (Lipinski definition) is 0. The van der Waals surface area contributed by atoms with E-state index in [-0.39, 0.29) is 17.8 Å². The molecule has 0 saturated carbocycles. The first-order chi connectivity index (χ1) is 11.2. The van der Waals surface area contributed by atoms with Gasteiger partial charge in [-0.05, 0) is 37.1 Å². The Labute approximate surface area is 137 Å². The summed E-state index contributed by atoms with van der Waals surface area (Å²) in [5.41, 5.74) is 0.988. The van der Waals surface area contributed by atoms with Gasteiger partial charge in [0, 0.05) is 19.1 Å². The Hall–Kier alpha value is -1.46. The molecule has 0 unspecified atom stereocenters. The minimum atomic E-state index is -0.203. The van der Waals surface area contributed by atoms with E-state index in [4.69, 9.17) is 4.74 Å². The molecule has 0 N–H and O–H groups in total. The van der Waals surface area contributed by atoms with Gasteiger partial charge in [-0.15, -0.1) is 0 Å². The third-order valence-electron chi connectivity index (χ3n) is 4.80. The van der Waals surface area contributed by atoms with Gasteiger partial charge >= 0.3 is 0 Å². The molecule has 2 aliphatic heterocycles. The fourth-order valence-corrected chi connectivity index (χ4v) is 3.53. The Balaban J connectivity index is 1.72. The Kier molecular flexibility index (Phi) is 5.62. The number of carbonyl (C=O) groups excluding carboxylic acids is 1. The summed E-state index contributed by atoms with van der Waals surface area (Å²) in [5.74, 6) is -0.0391. The first-order valence-electron chi connectivity index (χ1n) is 8.59. The summed E-state index contributed by atoms with van der Waals surface area (Å²) in [6, 6.07) is 6.97. The van der Waals surface area contributed by atoms with E-state index < -0.39 is 0 Å². The number of halogens is 1. The molecule has 0 spiro atoms. The van der Waals surface area contributed by atoms with Gasteiger partial charge in [0.05, 0.1) is 19.8 Å². The van der Waals surface area contributed by atoms with Crippen molar-refractivity contribution in [3.05, 3.63) is 35.6 Å². The topological polar surface area (TPSA) is 32.8 Å². The highest BCUT2D eigenvalue weighted by Gasteiger charge is 2.27. The largest absolute Gasteiger partial charge is 0.378 e. The molecule has 1 amide bonds. The Morgan fingerprint density at radius 2 is 2.00 bits per heavy atom. The Bertz CT molecular complexity index is 532. The minimum Gasteiger partial charge on any atom is -0.378 e. The average molecular weight is 320 g/mol. The van der Waals surface area contributed by atoms with Crippen LogP contribution in [0.3, 0.4) is 0 Å². The van der Waals surface area contributed by atoms with Crippen molar-refractivity contribution in [2.75, 3.05) is 39.4 Å². The van der Waals surface area contributed by atoms with Crippen molar-refractivity contribution < 1.29 is 13.9 Å². The van der Waals surface area contributed by atoms with Crippen molar-refractivity contribution in [3.8, 4) is 0 Å². The highest BCUT2D eigenvalue weighted by atomic mass is 19.1. The predicted octanol–water partition coefficient (Wildman–Crippen LogP) is 2.60. The van der Waals surface area contributed by atoms with Gasteiger partial charge in [-0.3, -0.25) is 9.69 Å². The molecule has 5 heteroatoms. The van der Waals surface area contributed by atoms with Crippen molar-refractivity contribution in [2.24, 2.45) is 0 Å². The van der Waals surface area contributed by atoms with Crippen molar-refractivity contribution in [3.63, 3.8) is 0 Å². The van der Waals surface area contributed by atoms with E-state index >= 15 is 0 Å². The lowest BCUT2D eigenvalue weighted by Gasteiger charge is -2.33. The number of rotatable bonds is 3. The summed E-state index contributed by atoms with van der Waals surface area (Å²) < 4.78 is 18.9.